The zero-order chi connectivity index (χ0) is 32.5. The van der Waals surface area contributed by atoms with E-state index in [9.17, 15) is 0 Å². The molecule has 4 rings (SSSR count). The molecular formula is C34H48O8. The van der Waals surface area contributed by atoms with Gasteiger partial charge in [-0.2, -0.15) is 0 Å². The number of hydrogen-bond donors (Lipinski definition) is 8. The van der Waals surface area contributed by atoms with Gasteiger partial charge < -0.3 is 40.9 Å². The molecule has 0 bridgehead atoms. The fourth-order valence-corrected chi connectivity index (χ4v) is 2.91. The maximum absolute atomic E-state index is 8.65. The van der Waals surface area contributed by atoms with Crippen LogP contribution in [0, 0.1) is 11.8 Å². The van der Waals surface area contributed by atoms with Crippen molar-refractivity contribution in [3.05, 3.63) is 97.1 Å². The number of aromatic hydroxyl groups is 8. The van der Waals surface area contributed by atoms with Crippen LogP contribution in [0.2, 0.25) is 0 Å². The predicted octanol–water partition coefficient (Wildman–Crippen LogP) is 8.50. The van der Waals surface area contributed by atoms with Crippen LogP contribution in [0.1, 0.15) is 54.4 Å². The molecule has 8 N–H and O–H groups in total. The minimum atomic E-state index is 0.0880. The molecule has 8 heteroatoms. The SMILES string of the molecule is CC(C)CC(C)C.CCC.Oc1cccc(O)c1.Oc1cccc(O)c1.Oc1cccc(O)c1.Oc1cccc(O)c1. The summed E-state index contributed by atoms with van der Waals surface area (Å²) in [6.07, 6.45) is 2.61. The monoisotopic (exact) mass is 584 g/mol. The maximum atomic E-state index is 8.65. The molecule has 0 amide bonds. The third-order valence-corrected chi connectivity index (χ3v) is 4.26. The molecule has 0 radical (unpaired) electrons. The molecule has 232 valence electrons. The average Bonchev–Trinajstić information content (AvgIpc) is 2.85. The van der Waals surface area contributed by atoms with E-state index < -0.39 is 0 Å². The summed E-state index contributed by atoms with van der Waals surface area (Å²) in [6.45, 7) is 13.3. The van der Waals surface area contributed by atoms with Crippen LogP contribution in [0.4, 0.5) is 0 Å². The summed E-state index contributed by atoms with van der Waals surface area (Å²) in [5.41, 5.74) is 0. The first-order valence-corrected chi connectivity index (χ1v) is 13.6. The van der Waals surface area contributed by atoms with E-state index in [4.69, 9.17) is 40.9 Å². The lowest BCUT2D eigenvalue weighted by atomic mass is 10.0. The predicted molar refractivity (Wildman–Crippen MR) is 169 cm³/mol. The molecule has 0 unspecified atom stereocenters. The van der Waals surface area contributed by atoms with Gasteiger partial charge in [0.1, 0.15) is 46.0 Å². The van der Waals surface area contributed by atoms with Crippen molar-refractivity contribution in [2.24, 2.45) is 11.8 Å². The second-order valence-corrected chi connectivity index (χ2v) is 9.81. The van der Waals surface area contributed by atoms with E-state index in [1.807, 2.05) is 0 Å². The van der Waals surface area contributed by atoms with Crippen LogP contribution in [0.3, 0.4) is 0 Å². The molecule has 0 fully saturated rings. The quantitative estimate of drug-likeness (QED) is 0.116. The summed E-state index contributed by atoms with van der Waals surface area (Å²) >= 11 is 0. The van der Waals surface area contributed by atoms with Crippen molar-refractivity contribution in [1.82, 2.24) is 0 Å². The van der Waals surface area contributed by atoms with Crippen LogP contribution in [0.25, 0.3) is 0 Å². The van der Waals surface area contributed by atoms with Gasteiger partial charge in [-0.1, -0.05) is 72.2 Å². The molecule has 0 saturated heterocycles. The van der Waals surface area contributed by atoms with Gasteiger partial charge in [0, 0.05) is 24.3 Å². The van der Waals surface area contributed by atoms with Gasteiger partial charge in [-0.3, -0.25) is 0 Å². The van der Waals surface area contributed by atoms with Crippen molar-refractivity contribution < 1.29 is 40.9 Å². The second-order valence-electron chi connectivity index (χ2n) is 9.81. The first kappa shape index (κ1) is 39.4. The Hall–Kier alpha value is -4.72. The van der Waals surface area contributed by atoms with Crippen LogP contribution in [-0.2, 0) is 0 Å². The molecule has 4 aromatic carbocycles. The molecule has 0 heterocycles. The lowest BCUT2D eigenvalue weighted by Crippen LogP contribution is -1.93. The number of benzene rings is 4. The third kappa shape index (κ3) is 26.9. The van der Waals surface area contributed by atoms with E-state index in [1.54, 1.807) is 24.3 Å². The molecule has 4 aromatic rings. The summed E-state index contributed by atoms with van der Waals surface area (Å²) in [7, 11) is 0. The summed E-state index contributed by atoms with van der Waals surface area (Å²) in [5, 5.41) is 69.2. The summed E-state index contributed by atoms with van der Waals surface area (Å²) in [4.78, 5) is 0. The molecule has 0 aliphatic rings. The standard InChI is InChI=1S/C7H16.4C6H6O2.C3H8/c1-6(2)5-7(3)4;4*7-5-2-1-3-6(8)4-5;1-3-2/h6-7H,5H2,1-4H3;4*1-4,7-8H;3H2,1-2H3. The lowest BCUT2D eigenvalue weighted by molar-refractivity contribution is 0.449. The Morgan fingerprint density at radius 1 is 0.381 bits per heavy atom. The van der Waals surface area contributed by atoms with Crippen molar-refractivity contribution in [1.29, 1.82) is 0 Å². The molecule has 0 aliphatic carbocycles. The first-order valence-electron chi connectivity index (χ1n) is 13.6. The molecular weight excluding hydrogens is 536 g/mol. The Morgan fingerprint density at radius 2 is 0.524 bits per heavy atom. The van der Waals surface area contributed by atoms with Crippen molar-refractivity contribution >= 4 is 0 Å². The Morgan fingerprint density at radius 3 is 0.571 bits per heavy atom. The molecule has 8 nitrogen and oxygen atoms in total. The Labute approximate surface area is 250 Å². The van der Waals surface area contributed by atoms with Crippen molar-refractivity contribution in [2.75, 3.05) is 0 Å². The third-order valence-electron chi connectivity index (χ3n) is 4.26. The van der Waals surface area contributed by atoms with Crippen LogP contribution in [0.5, 0.6) is 46.0 Å². The number of hydrogen-bond acceptors (Lipinski definition) is 8. The van der Waals surface area contributed by atoms with Crippen molar-refractivity contribution in [3.8, 4) is 46.0 Å². The van der Waals surface area contributed by atoms with Crippen molar-refractivity contribution in [3.63, 3.8) is 0 Å². The largest absolute Gasteiger partial charge is 0.508 e. The van der Waals surface area contributed by atoms with E-state index in [0.29, 0.717) is 0 Å². The van der Waals surface area contributed by atoms with E-state index >= 15 is 0 Å². The number of phenols is 8. The summed E-state index contributed by atoms with van der Waals surface area (Å²) in [5.74, 6) is 2.45. The van der Waals surface area contributed by atoms with Gasteiger partial charge in [0.05, 0.1) is 0 Å². The van der Waals surface area contributed by atoms with E-state index in [-0.39, 0.29) is 46.0 Å². The normalized spacial score (nSPS) is 9.14. The van der Waals surface area contributed by atoms with Gasteiger partial charge in [0.15, 0.2) is 0 Å². The summed E-state index contributed by atoms with van der Waals surface area (Å²) in [6, 6.07) is 23.4. The molecule has 0 aliphatic heterocycles. The van der Waals surface area contributed by atoms with Gasteiger partial charge in [0.2, 0.25) is 0 Å². The fraction of sp³-hybridized carbons (Fsp3) is 0.294. The highest BCUT2D eigenvalue weighted by molar-refractivity contribution is 5.32. The van der Waals surface area contributed by atoms with E-state index in [1.165, 1.54) is 85.6 Å². The highest BCUT2D eigenvalue weighted by Gasteiger charge is 1.95. The van der Waals surface area contributed by atoms with Gasteiger partial charge in [-0.05, 0) is 66.8 Å². The molecule has 0 atom stereocenters. The zero-order valence-corrected chi connectivity index (χ0v) is 25.4. The topological polar surface area (TPSA) is 162 Å². The number of phenolic OH excluding ortho intramolecular Hbond substituents is 8. The van der Waals surface area contributed by atoms with Crippen LogP contribution >= 0.6 is 0 Å². The summed E-state index contributed by atoms with van der Waals surface area (Å²) < 4.78 is 0. The van der Waals surface area contributed by atoms with Crippen LogP contribution in [-0.4, -0.2) is 40.9 Å². The molecule has 0 spiro atoms. The van der Waals surface area contributed by atoms with Gasteiger partial charge in [-0.15, -0.1) is 0 Å². The minimum absolute atomic E-state index is 0.0880. The number of rotatable bonds is 2. The van der Waals surface area contributed by atoms with Gasteiger partial charge >= 0.3 is 0 Å². The molecule has 0 saturated carbocycles. The average molecular weight is 585 g/mol. The van der Waals surface area contributed by atoms with E-state index in [2.05, 4.69) is 41.5 Å². The first-order chi connectivity index (χ1) is 19.7. The maximum Gasteiger partial charge on any atom is 0.119 e. The molecule has 0 aromatic heterocycles. The molecule has 42 heavy (non-hydrogen) atoms. The van der Waals surface area contributed by atoms with E-state index in [0.717, 1.165) is 11.8 Å². The van der Waals surface area contributed by atoms with Crippen molar-refractivity contribution in [2.45, 2.75) is 54.4 Å². The highest BCUT2D eigenvalue weighted by Crippen LogP contribution is 2.17. The Balaban J connectivity index is 0. The van der Waals surface area contributed by atoms with Gasteiger partial charge in [0.25, 0.3) is 0 Å². The smallest absolute Gasteiger partial charge is 0.119 e. The lowest BCUT2D eigenvalue weighted by Gasteiger charge is -2.05. The minimum Gasteiger partial charge on any atom is -0.508 e. The zero-order valence-electron chi connectivity index (χ0n) is 25.4. The Kier molecular flexibility index (Phi) is 22.6. The second kappa shape index (κ2) is 24.1. The van der Waals surface area contributed by atoms with Crippen LogP contribution < -0.4 is 0 Å². The highest BCUT2D eigenvalue weighted by atomic mass is 16.3. The fourth-order valence-electron chi connectivity index (χ4n) is 2.91. The Bertz CT molecular complexity index is 960. The van der Waals surface area contributed by atoms with Crippen LogP contribution in [0.15, 0.2) is 97.1 Å². The van der Waals surface area contributed by atoms with Gasteiger partial charge in [-0.25, -0.2) is 0 Å².